The second-order valence-corrected chi connectivity index (χ2v) is 6.72. The van der Waals surface area contributed by atoms with Crippen LogP contribution in [-0.2, 0) is 16.0 Å². The fourth-order valence-electron chi connectivity index (χ4n) is 3.69. The summed E-state index contributed by atoms with van der Waals surface area (Å²) >= 11 is 0. The molecule has 1 N–H and O–H groups in total. The Bertz CT molecular complexity index is 471. The summed E-state index contributed by atoms with van der Waals surface area (Å²) in [5, 5.41) is 3.19. The first kappa shape index (κ1) is 15.5. The first-order chi connectivity index (χ1) is 10.8. The Morgan fingerprint density at radius 1 is 1.23 bits per heavy atom. The number of aromatic nitrogens is 1. The van der Waals surface area contributed by atoms with E-state index in [0.29, 0.717) is 18.9 Å². The summed E-state index contributed by atoms with van der Waals surface area (Å²) in [6.07, 6.45) is 11.6. The van der Waals surface area contributed by atoms with E-state index < -0.39 is 0 Å². The van der Waals surface area contributed by atoms with Crippen LogP contribution >= 0.6 is 0 Å². The average molecular weight is 302 g/mol. The van der Waals surface area contributed by atoms with Gasteiger partial charge in [0, 0.05) is 24.7 Å². The van der Waals surface area contributed by atoms with Gasteiger partial charge in [-0.3, -0.25) is 9.78 Å². The average Bonchev–Trinajstić information content (AvgIpc) is 3.19. The molecule has 120 valence electrons. The zero-order valence-electron chi connectivity index (χ0n) is 13.2. The van der Waals surface area contributed by atoms with Crippen LogP contribution in [0, 0.1) is 11.8 Å². The second kappa shape index (κ2) is 7.73. The Balaban J connectivity index is 1.45. The smallest absolute Gasteiger partial charge is 0.220 e. The van der Waals surface area contributed by atoms with Crippen molar-refractivity contribution >= 4 is 5.91 Å². The summed E-state index contributed by atoms with van der Waals surface area (Å²) in [5.74, 6) is 1.35. The quantitative estimate of drug-likeness (QED) is 0.879. The molecule has 4 nitrogen and oxygen atoms in total. The molecule has 2 fully saturated rings. The molecular weight excluding hydrogens is 276 g/mol. The Kier molecular flexibility index (Phi) is 5.43. The highest BCUT2D eigenvalue weighted by molar-refractivity contribution is 5.76. The van der Waals surface area contributed by atoms with Crippen molar-refractivity contribution in [3.63, 3.8) is 0 Å². The Hall–Kier alpha value is -1.42. The molecular formula is C18H26N2O2. The lowest BCUT2D eigenvalue weighted by molar-refractivity contribution is -0.122. The van der Waals surface area contributed by atoms with Crippen molar-refractivity contribution in [2.75, 3.05) is 13.2 Å². The number of carbonyl (C=O) groups is 1. The molecule has 2 heterocycles. The van der Waals surface area contributed by atoms with E-state index in [1.54, 1.807) is 0 Å². The topological polar surface area (TPSA) is 51.2 Å². The predicted octanol–water partition coefficient (Wildman–Crippen LogP) is 2.73. The highest BCUT2D eigenvalue weighted by Crippen LogP contribution is 2.28. The standard InChI is InChI=1S/C18H26N2O2/c21-18(6-5-14-3-1-2-4-14)20-17-13-22-12-16(17)11-15-7-9-19-10-8-15/h7-10,14,16-17H,1-6,11-13H2,(H,20,21)/t16-,17-/m1/s1. The van der Waals surface area contributed by atoms with Crippen molar-refractivity contribution in [1.82, 2.24) is 10.3 Å². The molecule has 0 bridgehead atoms. The number of rotatable bonds is 6. The van der Waals surface area contributed by atoms with Gasteiger partial charge in [0.05, 0.1) is 19.3 Å². The summed E-state index contributed by atoms with van der Waals surface area (Å²) in [6.45, 7) is 1.38. The van der Waals surface area contributed by atoms with Gasteiger partial charge in [-0.05, 0) is 36.5 Å². The summed E-state index contributed by atoms with van der Waals surface area (Å²) in [7, 11) is 0. The van der Waals surface area contributed by atoms with Gasteiger partial charge in [-0.1, -0.05) is 25.7 Å². The van der Waals surface area contributed by atoms with Crippen LogP contribution in [-0.4, -0.2) is 30.1 Å². The molecule has 1 aliphatic carbocycles. The minimum atomic E-state index is 0.157. The molecule has 1 aliphatic heterocycles. The molecule has 2 aliphatic rings. The van der Waals surface area contributed by atoms with E-state index in [1.165, 1.54) is 31.2 Å². The molecule has 1 aromatic rings. The lowest BCUT2D eigenvalue weighted by atomic mass is 9.95. The van der Waals surface area contributed by atoms with Crippen LogP contribution < -0.4 is 5.32 Å². The molecule has 0 radical (unpaired) electrons. The maximum atomic E-state index is 12.2. The van der Waals surface area contributed by atoms with E-state index in [9.17, 15) is 4.79 Å². The van der Waals surface area contributed by atoms with Gasteiger partial charge < -0.3 is 10.1 Å². The van der Waals surface area contributed by atoms with Crippen LogP contribution in [0.2, 0.25) is 0 Å². The number of carbonyl (C=O) groups excluding carboxylic acids is 1. The first-order valence-corrected chi connectivity index (χ1v) is 8.57. The molecule has 0 aromatic carbocycles. The largest absolute Gasteiger partial charge is 0.379 e. The third-order valence-corrected chi connectivity index (χ3v) is 5.05. The summed E-state index contributed by atoms with van der Waals surface area (Å²) < 4.78 is 5.59. The Morgan fingerprint density at radius 2 is 2.00 bits per heavy atom. The second-order valence-electron chi connectivity index (χ2n) is 6.72. The van der Waals surface area contributed by atoms with Gasteiger partial charge in [-0.2, -0.15) is 0 Å². The highest BCUT2D eigenvalue weighted by atomic mass is 16.5. The lowest BCUT2D eigenvalue weighted by Crippen LogP contribution is -2.40. The van der Waals surface area contributed by atoms with Gasteiger partial charge in [-0.25, -0.2) is 0 Å². The molecule has 3 rings (SSSR count). The molecule has 4 heteroatoms. The van der Waals surface area contributed by atoms with Gasteiger partial charge in [-0.15, -0.1) is 0 Å². The number of nitrogens with zero attached hydrogens (tertiary/aromatic N) is 1. The SMILES string of the molecule is O=C(CCC1CCCC1)N[C@@H]1COC[C@H]1Cc1ccncc1. The van der Waals surface area contributed by atoms with Crippen LogP contribution in [0.3, 0.4) is 0 Å². The van der Waals surface area contributed by atoms with Gasteiger partial charge in [0.1, 0.15) is 0 Å². The van der Waals surface area contributed by atoms with E-state index in [4.69, 9.17) is 4.74 Å². The fraction of sp³-hybridized carbons (Fsp3) is 0.667. The van der Waals surface area contributed by atoms with Gasteiger partial charge in [0.25, 0.3) is 0 Å². The van der Waals surface area contributed by atoms with Crippen molar-refractivity contribution in [3.8, 4) is 0 Å². The van der Waals surface area contributed by atoms with Crippen molar-refractivity contribution in [2.24, 2.45) is 11.8 Å². The minimum Gasteiger partial charge on any atom is -0.379 e. The summed E-state index contributed by atoms with van der Waals surface area (Å²) in [4.78, 5) is 16.2. The zero-order valence-corrected chi connectivity index (χ0v) is 13.2. The van der Waals surface area contributed by atoms with E-state index in [2.05, 4.69) is 10.3 Å². The summed E-state index contributed by atoms with van der Waals surface area (Å²) in [5.41, 5.74) is 1.26. The number of amides is 1. The number of nitrogens with one attached hydrogen (secondary N) is 1. The molecule has 1 saturated carbocycles. The normalized spacial score (nSPS) is 25.5. The Labute approximate surface area is 132 Å². The monoisotopic (exact) mass is 302 g/mol. The fourth-order valence-corrected chi connectivity index (χ4v) is 3.69. The maximum absolute atomic E-state index is 12.2. The van der Waals surface area contributed by atoms with Crippen LogP contribution in [0.1, 0.15) is 44.1 Å². The molecule has 0 unspecified atom stereocenters. The van der Waals surface area contributed by atoms with Crippen LogP contribution in [0.25, 0.3) is 0 Å². The van der Waals surface area contributed by atoms with Gasteiger partial charge in [0.2, 0.25) is 5.91 Å². The molecule has 2 atom stereocenters. The van der Waals surface area contributed by atoms with Gasteiger partial charge in [0.15, 0.2) is 0 Å². The predicted molar refractivity (Wildman–Crippen MR) is 85.4 cm³/mol. The van der Waals surface area contributed by atoms with Crippen molar-refractivity contribution in [1.29, 1.82) is 0 Å². The molecule has 1 saturated heterocycles. The number of pyridine rings is 1. The zero-order chi connectivity index (χ0) is 15.2. The van der Waals surface area contributed by atoms with E-state index in [1.807, 2.05) is 24.5 Å². The van der Waals surface area contributed by atoms with Crippen molar-refractivity contribution in [2.45, 2.75) is 51.0 Å². The molecule has 1 amide bonds. The van der Waals surface area contributed by atoms with E-state index in [-0.39, 0.29) is 11.9 Å². The Morgan fingerprint density at radius 3 is 2.77 bits per heavy atom. The molecule has 22 heavy (non-hydrogen) atoms. The minimum absolute atomic E-state index is 0.157. The summed E-state index contributed by atoms with van der Waals surface area (Å²) in [6, 6.07) is 4.23. The third kappa shape index (κ3) is 4.29. The van der Waals surface area contributed by atoms with Crippen LogP contribution in [0.5, 0.6) is 0 Å². The highest BCUT2D eigenvalue weighted by Gasteiger charge is 2.29. The number of hydrogen-bond donors (Lipinski definition) is 1. The van der Waals surface area contributed by atoms with Crippen molar-refractivity contribution < 1.29 is 9.53 Å². The van der Waals surface area contributed by atoms with E-state index >= 15 is 0 Å². The first-order valence-electron chi connectivity index (χ1n) is 8.57. The lowest BCUT2D eigenvalue weighted by Gasteiger charge is -2.19. The van der Waals surface area contributed by atoms with Crippen molar-refractivity contribution in [3.05, 3.63) is 30.1 Å². The molecule has 0 spiro atoms. The maximum Gasteiger partial charge on any atom is 0.220 e. The molecule has 1 aromatic heterocycles. The van der Waals surface area contributed by atoms with Crippen LogP contribution in [0.15, 0.2) is 24.5 Å². The van der Waals surface area contributed by atoms with E-state index in [0.717, 1.165) is 25.4 Å². The van der Waals surface area contributed by atoms with Crippen LogP contribution in [0.4, 0.5) is 0 Å². The van der Waals surface area contributed by atoms with Gasteiger partial charge >= 0.3 is 0 Å². The number of hydrogen-bond acceptors (Lipinski definition) is 3. The third-order valence-electron chi connectivity index (χ3n) is 5.05. The number of ether oxygens (including phenoxy) is 1.